The van der Waals surface area contributed by atoms with Crippen LogP contribution in [0.2, 0.25) is 5.02 Å². The average molecular weight is 387 g/mol. The molecule has 0 amide bonds. The van der Waals surface area contributed by atoms with Crippen molar-refractivity contribution in [1.82, 2.24) is 0 Å². The predicted octanol–water partition coefficient (Wildman–Crippen LogP) is 6.61. The largest absolute Gasteiger partial charge is 0.489 e. The fourth-order valence-electron chi connectivity index (χ4n) is 3.60. The molecule has 2 N–H and O–H groups in total. The van der Waals surface area contributed by atoms with Crippen LogP contribution in [0.4, 0.5) is 11.4 Å². The van der Waals surface area contributed by atoms with E-state index in [0.29, 0.717) is 6.61 Å². The van der Waals surface area contributed by atoms with Gasteiger partial charge in [-0.1, -0.05) is 60.1 Å². The Bertz CT molecular complexity index is 1080. The molecule has 0 atom stereocenters. The van der Waals surface area contributed by atoms with Crippen LogP contribution in [0.5, 0.6) is 5.75 Å². The molecule has 5 rings (SSSR count). The zero-order chi connectivity index (χ0) is 18.9. The Labute approximate surface area is 168 Å². The van der Waals surface area contributed by atoms with Crippen LogP contribution in [0.3, 0.4) is 0 Å². The Hall–Kier alpha value is -3.17. The first-order valence-electron chi connectivity index (χ1n) is 9.28. The van der Waals surface area contributed by atoms with Gasteiger partial charge in [-0.3, -0.25) is 0 Å². The minimum Gasteiger partial charge on any atom is -0.489 e. The maximum absolute atomic E-state index is 5.92. The lowest BCUT2D eigenvalue weighted by Gasteiger charge is -2.29. The fourth-order valence-corrected chi connectivity index (χ4v) is 3.73. The van der Waals surface area contributed by atoms with Crippen molar-refractivity contribution in [2.75, 3.05) is 10.6 Å². The van der Waals surface area contributed by atoms with Gasteiger partial charge < -0.3 is 15.4 Å². The number of hydrogen-bond acceptors (Lipinski definition) is 3. The van der Waals surface area contributed by atoms with Gasteiger partial charge in [-0.2, -0.15) is 0 Å². The lowest BCUT2D eigenvalue weighted by atomic mass is 10.0. The van der Waals surface area contributed by atoms with E-state index < -0.39 is 0 Å². The second-order valence-electron chi connectivity index (χ2n) is 6.92. The van der Waals surface area contributed by atoms with Gasteiger partial charge in [0.25, 0.3) is 0 Å². The van der Waals surface area contributed by atoms with Crippen molar-refractivity contribution in [3.8, 4) is 5.75 Å². The highest BCUT2D eigenvalue weighted by Gasteiger charge is 2.19. The minimum atomic E-state index is 0.0193. The van der Waals surface area contributed by atoms with Crippen molar-refractivity contribution in [1.29, 1.82) is 0 Å². The Morgan fingerprint density at radius 2 is 1.39 bits per heavy atom. The summed E-state index contributed by atoms with van der Waals surface area (Å²) in [5, 5.41) is 10.4. The summed E-state index contributed by atoms with van der Waals surface area (Å²) < 4.78 is 5.89. The van der Waals surface area contributed by atoms with Crippen molar-refractivity contribution < 1.29 is 4.74 Å². The predicted molar refractivity (Wildman–Crippen MR) is 116 cm³/mol. The highest BCUT2D eigenvalue weighted by molar-refractivity contribution is 6.30. The summed E-state index contributed by atoms with van der Waals surface area (Å²) in [5.41, 5.74) is 4.55. The van der Waals surface area contributed by atoms with Gasteiger partial charge in [-0.25, -0.2) is 0 Å². The lowest BCUT2D eigenvalue weighted by molar-refractivity contribution is 0.306. The molecule has 0 radical (unpaired) electrons. The molecule has 0 saturated heterocycles. The van der Waals surface area contributed by atoms with E-state index in [0.717, 1.165) is 33.3 Å². The molecule has 138 valence electrons. The molecular weight excluding hydrogens is 368 g/mol. The van der Waals surface area contributed by atoms with Gasteiger partial charge in [0.2, 0.25) is 0 Å². The Morgan fingerprint density at radius 1 is 0.750 bits per heavy atom. The molecule has 4 aromatic rings. The maximum Gasteiger partial charge on any atom is 0.123 e. The summed E-state index contributed by atoms with van der Waals surface area (Å²) in [6.45, 7) is 0.520. The van der Waals surface area contributed by atoms with Crippen LogP contribution in [-0.4, -0.2) is 0 Å². The summed E-state index contributed by atoms with van der Waals surface area (Å²) in [6, 6.07) is 28.6. The zero-order valence-corrected chi connectivity index (χ0v) is 15.9. The smallest absolute Gasteiger partial charge is 0.123 e. The first kappa shape index (κ1) is 17.0. The summed E-state index contributed by atoms with van der Waals surface area (Å²) in [4.78, 5) is 0. The van der Waals surface area contributed by atoms with Crippen molar-refractivity contribution in [3.63, 3.8) is 0 Å². The van der Waals surface area contributed by atoms with Crippen LogP contribution < -0.4 is 15.4 Å². The molecule has 4 heteroatoms. The van der Waals surface area contributed by atoms with Gasteiger partial charge in [0.1, 0.15) is 18.5 Å². The molecule has 0 unspecified atom stereocenters. The SMILES string of the molecule is Clc1ccc(COc2ccc(C3Nc4cccc5cccc(c45)N3)cc2)cc1. The van der Waals surface area contributed by atoms with Gasteiger partial charge in [0.15, 0.2) is 0 Å². The monoisotopic (exact) mass is 386 g/mol. The first-order valence-corrected chi connectivity index (χ1v) is 9.66. The van der Waals surface area contributed by atoms with Crippen molar-refractivity contribution in [2.24, 2.45) is 0 Å². The second kappa shape index (κ2) is 7.10. The van der Waals surface area contributed by atoms with Crippen LogP contribution in [-0.2, 0) is 6.61 Å². The van der Waals surface area contributed by atoms with Gasteiger partial charge in [0.05, 0.1) is 0 Å². The molecule has 0 aromatic heterocycles. The Balaban J connectivity index is 1.32. The van der Waals surface area contributed by atoms with E-state index in [1.165, 1.54) is 10.8 Å². The van der Waals surface area contributed by atoms with Gasteiger partial charge in [-0.15, -0.1) is 0 Å². The number of nitrogens with one attached hydrogen (secondary N) is 2. The summed E-state index contributed by atoms with van der Waals surface area (Å²) in [6.07, 6.45) is 0.0193. The third kappa shape index (κ3) is 3.25. The number of benzene rings is 4. The average Bonchev–Trinajstić information content (AvgIpc) is 2.74. The van der Waals surface area contributed by atoms with E-state index in [9.17, 15) is 0 Å². The normalized spacial score (nSPS) is 13.0. The molecule has 1 aliphatic rings. The van der Waals surface area contributed by atoms with E-state index in [2.05, 4.69) is 59.2 Å². The molecule has 1 aliphatic heterocycles. The topological polar surface area (TPSA) is 33.3 Å². The van der Waals surface area contributed by atoms with Crippen molar-refractivity contribution in [3.05, 3.63) is 101 Å². The molecule has 0 aliphatic carbocycles. The quantitative estimate of drug-likeness (QED) is 0.414. The van der Waals surface area contributed by atoms with Gasteiger partial charge in [-0.05, 0) is 52.9 Å². The number of hydrogen-bond donors (Lipinski definition) is 2. The summed E-state index contributed by atoms with van der Waals surface area (Å²) >= 11 is 5.92. The third-order valence-corrected chi connectivity index (χ3v) is 5.29. The molecular formula is C24H19ClN2O. The first-order chi connectivity index (χ1) is 13.8. The number of ether oxygens (including phenoxy) is 1. The lowest BCUT2D eigenvalue weighted by Crippen LogP contribution is -2.23. The van der Waals surface area contributed by atoms with E-state index in [4.69, 9.17) is 16.3 Å². The van der Waals surface area contributed by atoms with E-state index in [-0.39, 0.29) is 6.17 Å². The van der Waals surface area contributed by atoms with E-state index in [1.54, 1.807) is 0 Å². The number of anilines is 2. The maximum atomic E-state index is 5.92. The van der Waals surface area contributed by atoms with E-state index in [1.807, 2.05) is 36.4 Å². The molecule has 0 fully saturated rings. The van der Waals surface area contributed by atoms with Crippen LogP contribution >= 0.6 is 11.6 Å². The highest BCUT2D eigenvalue weighted by atomic mass is 35.5. The van der Waals surface area contributed by atoms with Crippen LogP contribution in [0.25, 0.3) is 10.8 Å². The van der Waals surface area contributed by atoms with Crippen LogP contribution in [0.1, 0.15) is 17.3 Å². The molecule has 28 heavy (non-hydrogen) atoms. The summed E-state index contributed by atoms with van der Waals surface area (Å²) in [7, 11) is 0. The third-order valence-electron chi connectivity index (χ3n) is 5.04. The standard InChI is InChI=1S/C24H19ClN2O/c25-19-11-7-16(8-12-19)15-28-20-13-9-18(10-14-20)24-26-21-5-1-3-17-4-2-6-22(27-24)23(17)21/h1-14,24,26-27H,15H2. The minimum absolute atomic E-state index is 0.0193. The van der Waals surface area contributed by atoms with Crippen molar-refractivity contribution >= 4 is 33.7 Å². The fraction of sp³-hybridized carbons (Fsp3) is 0.0833. The summed E-state index contributed by atoms with van der Waals surface area (Å²) in [5.74, 6) is 0.844. The van der Waals surface area contributed by atoms with Gasteiger partial charge in [0, 0.05) is 21.8 Å². The Kier molecular flexibility index (Phi) is 4.30. The Morgan fingerprint density at radius 3 is 2.04 bits per heavy atom. The van der Waals surface area contributed by atoms with Gasteiger partial charge >= 0.3 is 0 Å². The van der Waals surface area contributed by atoms with E-state index >= 15 is 0 Å². The molecule has 3 nitrogen and oxygen atoms in total. The van der Waals surface area contributed by atoms with Crippen LogP contribution in [0, 0.1) is 0 Å². The highest BCUT2D eigenvalue weighted by Crippen LogP contribution is 2.38. The molecule has 0 bridgehead atoms. The van der Waals surface area contributed by atoms with Crippen molar-refractivity contribution in [2.45, 2.75) is 12.8 Å². The molecule has 0 spiro atoms. The molecule has 0 saturated carbocycles. The molecule has 4 aromatic carbocycles. The molecule has 1 heterocycles. The zero-order valence-electron chi connectivity index (χ0n) is 15.2. The number of rotatable bonds is 4. The van der Waals surface area contributed by atoms with Crippen LogP contribution in [0.15, 0.2) is 84.9 Å². The number of halogens is 1. The second-order valence-corrected chi connectivity index (χ2v) is 7.35.